The average Bonchev–Trinajstić information content (AvgIpc) is 2.87. The molecular formula is C26H30N2O8S. The van der Waals surface area contributed by atoms with Crippen LogP contribution in [-0.4, -0.2) is 48.6 Å². The molecule has 37 heavy (non-hydrogen) atoms. The molecule has 0 heterocycles. The highest BCUT2D eigenvalue weighted by Crippen LogP contribution is 2.40. The van der Waals surface area contributed by atoms with E-state index in [2.05, 4.69) is 4.72 Å². The van der Waals surface area contributed by atoms with Crippen molar-refractivity contribution in [2.24, 2.45) is 0 Å². The van der Waals surface area contributed by atoms with Crippen LogP contribution < -0.4 is 34.1 Å². The number of phenolic OH excluding ortho intramolecular Hbond substituents is 1. The lowest BCUT2D eigenvalue weighted by Crippen LogP contribution is -2.14. The number of hydrogen-bond acceptors (Lipinski definition) is 9. The Morgan fingerprint density at radius 3 is 1.95 bits per heavy atom. The van der Waals surface area contributed by atoms with Gasteiger partial charge < -0.3 is 34.5 Å². The van der Waals surface area contributed by atoms with Gasteiger partial charge in [-0.2, -0.15) is 0 Å². The van der Waals surface area contributed by atoms with E-state index in [0.29, 0.717) is 35.2 Å². The molecular weight excluding hydrogens is 500 g/mol. The molecule has 0 amide bonds. The number of sulfonamides is 1. The molecule has 3 aromatic rings. The first-order chi connectivity index (χ1) is 17.7. The summed E-state index contributed by atoms with van der Waals surface area (Å²) < 4.78 is 55.4. The van der Waals surface area contributed by atoms with E-state index in [4.69, 9.17) is 29.4 Å². The number of benzene rings is 3. The third kappa shape index (κ3) is 6.12. The molecule has 3 rings (SSSR count). The number of methoxy groups -OCH3 is 4. The molecule has 0 atom stereocenters. The summed E-state index contributed by atoms with van der Waals surface area (Å²) in [6, 6.07) is 10.6. The van der Waals surface area contributed by atoms with Gasteiger partial charge in [0.15, 0.2) is 23.0 Å². The largest absolute Gasteiger partial charge is 0.504 e. The normalized spacial score (nSPS) is 11.3. The fraction of sp³-hybridized carbons (Fsp3) is 0.231. The van der Waals surface area contributed by atoms with Crippen molar-refractivity contribution in [3.63, 3.8) is 0 Å². The van der Waals surface area contributed by atoms with Crippen LogP contribution in [-0.2, 0) is 10.0 Å². The fourth-order valence-electron chi connectivity index (χ4n) is 3.60. The van der Waals surface area contributed by atoms with E-state index in [0.717, 1.165) is 5.56 Å². The molecule has 0 aromatic heterocycles. The number of ether oxygens (including phenoxy) is 5. The molecule has 10 nitrogen and oxygen atoms in total. The number of nitrogens with one attached hydrogen (secondary N) is 1. The number of anilines is 2. The van der Waals surface area contributed by atoms with Crippen LogP contribution >= 0.6 is 0 Å². The highest BCUT2D eigenvalue weighted by atomic mass is 32.2. The van der Waals surface area contributed by atoms with E-state index in [1.54, 1.807) is 31.2 Å². The molecule has 0 bridgehead atoms. The summed E-state index contributed by atoms with van der Waals surface area (Å²) in [5.74, 6) is 1.50. The Morgan fingerprint density at radius 1 is 0.838 bits per heavy atom. The lowest BCUT2D eigenvalue weighted by atomic mass is 10.1. The van der Waals surface area contributed by atoms with Gasteiger partial charge in [0.2, 0.25) is 5.75 Å². The summed E-state index contributed by atoms with van der Waals surface area (Å²) in [5.41, 5.74) is 7.38. The quantitative estimate of drug-likeness (QED) is 0.243. The second-order valence-electron chi connectivity index (χ2n) is 7.65. The average molecular weight is 531 g/mol. The Balaban J connectivity index is 1.97. The Bertz CT molecular complexity index is 1380. The van der Waals surface area contributed by atoms with Crippen LogP contribution in [0.2, 0.25) is 0 Å². The molecule has 3 aromatic carbocycles. The van der Waals surface area contributed by atoms with Gasteiger partial charge in [0.1, 0.15) is 5.75 Å². The van der Waals surface area contributed by atoms with Crippen molar-refractivity contribution in [2.75, 3.05) is 45.5 Å². The molecule has 0 spiro atoms. The third-order valence-electron chi connectivity index (χ3n) is 5.29. The molecule has 4 N–H and O–H groups in total. The van der Waals surface area contributed by atoms with Crippen LogP contribution in [0.15, 0.2) is 47.4 Å². The number of phenols is 1. The highest BCUT2D eigenvalue weighted by molar-refractivity contribution is 7.92. The zero-order valence-corrected chi connectivity index (χ0v) is 22.0. The van der Waals surface area contributed by atoms with Crippen molar-refractivity contribution >= 4 is 33.6 Å². The number of nitrogens with two attached hydrogens (primary N) is 1. The lowest BCUT2D eigenvalue weighted by Gasteiger charge is -2.15. The SMILES string of the molecule is CCOc1ccc(S(=O)(=O)Nc2cc(/C=C\c3cc(OC)c(OC)c(OC)c3)cc(O)c2OC)cc1N. The van der Waals surface area contributed by atoms with E-state index in [1.165, 1.54) is 58.8 Å². The zero-order chi connectivity index (χ0) is 27.2. The van der Waals surface area contributed by atoms with Crippen molar-refractivity contribution in [1.82, 2.24) is 0 Å². The molecule has 198 valence electrons. The summed E-state index contributed by atoms with van der Waals surface area (Å²) in [5, 5.41) is 10.5. The van der Waals surface area contributed by atoms with Crippen LogP contribution in [0.5, 0.6) is 34.5 Å². The van der Waals surface area contributed by atoms with Crippen molar-refractivity contribution in [3.05, 3.63) is 53.6 Å². The molecule has 0 radical (unpaired) electrons. The Kier molecular flexibility index (Phi) is 8.61. The van der Waals surface area contributed by atoms with Gasteiger partial charge >= 0.3 is 0 Å². The third-order valence-corrected chi connectivity index (χ3v) is 6.65. The lowest BCUT2D eigenvalue weighted by molar-refractivity contribution is 0.324. The van der Waals surface area contributed by atoms with E-state index in [-0.39, 0.29) is 27.8 Å². The molecule has 0 fully saturated rings. The number of nitrogen functional groups attached to an aromatic ring is 1. The van der Waals surface area contributed by atoms with Crippen LogP contribution in [0.1, 0.15) is 18.1 Å². The maximum Gasteiger partial charge on any atom is 0.262 e. The molecule has 11 heteroatoms. The minimum absolute atomic E-state index is 0.0348. The van der Waals surface area contributed by atoms with Gasteiger partial charge in [0, 0.05) is 0 Å². The first kappa shape index (κ1) is 27.3. The van der Waals surface area contributed by atoms with Crippen LogP contribution in [0.4, 0.5) is 11.4 Å². The molecule has 0 aliphatic carbocycles. The predicted octanol–water partition coefficient (Wildman–Crippen LogP) is 4.38. The van der Waals surface area contributed by atoms with E-state index < -0.39 is 10.0 Å². The van der Waals surface area contributed by atoms with Gasteiger partial charge in [-0.25, -0.2) is 8.42 Å². The van der Waals surface area contributed by atoms with Crippen molar-refractivity contribution in [1.29, 1.82) is 0 Å². The van der Waals surface area contributed by atoms with Crippen LogP contribution in [0.3, 0.4) is 0 Å². The van der Waals surface area contributed by atoms with Gasteiger partial charge in [0.05, 0.1) is 51.3 Å². The van der Waals surface area contributed by atoms with E-state index in [1.807, 2.05) is 0 Å². The van der Waals surface area contributed by atoms with Gasteiger partial charge in [-0.3, -0.25) is 4.72 Å². The maximum absolute atomic E-state index is 13.1. The minimum atomic E-state index is -4.07. The van der Waals surface area contributed by atoms with Crippen molar-refractivity contribution in [3.8, 4) is 34.5 Å². The summed E-state index contributed by atoms with van der Waals surface area (Å²) in [7, 11) is 1.80. The van der Waals surface area contributed by atoms with Crippen LogP contribution in [0, 0.1) is 0 Å². The zero-order valence-electron chi connectivity index (χ0n) is 21.2. The molecule has 0 aliphatic rings. The molecule has 0 unspecified atom stereocenters. The second kappa shape index (κ2) is 11.7. The predicted molar refractivity (Wildman–Crippen MR) is 143 cm³/mol. The standard InChI is InChI=1S/C26H30N2O8S/c1-6-36-22-10-9-18(15-19(22)27)37(30,31)28-20-11-16(12-21(29)25(20)34-4)7-8-17-13-23(32-2)26(35-5)24(14-17)33-3/h7-15,28-29H,6,27H2,1-5H3/b8-7-. The molecule has 0 saturated carbocycles. The van der Waals surface area contributed by atoms with Gasteiger partial charge in [-0.1, -0.05) is 12.2 Å². The second-order valence-corrected chi connectivity index (χ2v) is 9.33. The first-order valence-electron chi connectivity index (χ1n) is 11.1. The fourth-order valence-corrected chi connectivity index (χ4v) is 4.68. The highest BCUT2D eigenvalue weighted by Gasteiger charge is 2.20. The smallest absolute Gasteiger partial charge is 0.262 e. The summed E-state index contributed by atoms with van der Waals surface area (Å²) in [6.45, 7) is 2.19. The first-order valence-corrected chi connectivity index (χ1v) is 12.6. The summed E-state index contributed by atoms with van der Waals surface area (Å²) in [6.07, 6.45) is 3.43. The Labute approximate surface area is 216 Å². The molecule has 0 saturated heterocycles. The maximum atomic E-state index is 13.1. The Morgan fingerprint density at radius 2 is 1.43 bits per heavy atom. The van der Waals surface area contributed by atoms with Crippen LogP contribution in [0.25, 0.3) is 12.2 Å². The van der Waals surface area contributed by atoms with Gasteiger partial charge in [-0.05, 0) is 60.5 Å². The monoisotopic (exact) mass is 530 g/mol. The number of aromatic hydroxyl groups is 1. The van der Waals surface area contributed by atoms with Gasteiger partial charge in [-0.15, -0.1) is 0 Å². The topological polar surface area (TPSA) is 139 Å². The van der Waals surface area contributed by atoms with E-state index >= 15 is 0 Å². The minimum Gasteiger partial charge on any atom is -0.504 e. The van der Waals surface area contributed by atoms with E-state index in [9.17, 15) is 13.5 Å². The van der Waals surface area contributed by atoms with Crippen molar-refractivity contribution in [2.45, 2.75) is 11.8 Å². The molecule has 0 aliphatic heterocycles. The summed E-state index contributed by atoms with van der Waals surface area (Å²) in [4.78, 5) is -0.0756. The Hall–Kier alpha value is -4.25. The number of hydrogen-bond donors (Lipinski definition) is 3. The number of rotatable bonds is 11. The van der Waals surface area contributed by atoms with Crippen molar-refractivity contribution < 1.29 is 37.2 Å². The summed E-state index contributed by atoms with van der Waals surface area (Å²) >= 11 is 0. The van der Waals surface area contributed by atoms with Gasteiger partial charge in [0.25, 0.3) is 10.0 Å².